The van der Waals surface area contributed by atoms with E-state index in [1.165, 1.54) is 0 Å². The van der Waals surface area contributed by atoms with E-state index in [4.69, 9.17) is 0 Å². The lowest BCUT2D eigenvalue weighted by Crippen LogP contribution is -2.34. The average molecular weight is 288 g/mol. The Morgan fingerprint density at radius 3 is 2.85 bits per heavy atom. The summed E-state index contributed by atoms with van der Waals surface area (Å²) in [7, 11) is 0. The van der Waals surface area contributed by atoms with Crippen LogP contribution in [0.5, 0.6) is 0 Å². The van der Waals surface area contributed by atoms with E-state index in [1.54, 1.807) is 22.6 Å². The Kier molecular flexibility index (Phi) is 3.53. The number of aliphatic carboxylic acids is 1. The van der Waals surface area contributed by atoms with Gasteiger partial charge < -0.3 is 5.11 Å². The second-order valence-electron chi connectivity index (χ2n) is 5.06. The van der Waals surface area contributed by atoms with E-state index in [1.807, 2.05) is 36.5 Å². The van der Waals surface area contributed by atoms with E-state index in [-0.39, 0.29) is 0 Å². The molecule has 2 heterocycles. The van der Waals surface area contributed by atoms with Gasteiger partial charge in [0.2, 0.25) is 0 Å². The lowest BCUT2D eigenvalue weighted by atomic mass is 9.96. The first kappa shape index (κ1) is 13.2. The molecule has 4 nitrogen and oxygen atoms in total. The van der Waals surface area contributed by atoms with Crippen LogP contribution in [-0.2, 0) is 11.2 Å². The lowest BCUT2D eigenvalue weighted by molar-refractivity contribution is -0.139. The number of rotatable bonds is 4. The Balaban J connectivity index is 1.82. The second-order valence-corrected chi connectivity index (χ2v) is 6.54. The second kappa shape index (κ2) is 5.32. The van der Waals surface area contributed by atoms with Gasteiger partial charge in [0.15, 0.2) is 0 Å². The molecule has 2 aromatic rings. The third-order valence-electron chi connectivity index (χ3n) is 3.64. The van der Waals surface area contributed by atoms with Gasteiger partial charge in [0.1, 0.15) is 4.75 Å². The number of carbonyl (C=O) groups is 1. The molecule has 1 unspecified atom stereocenters. The zero-order valence-electron chi connectivity index (χ0n) is 11.0. The Labute approximate surface area is 121 Å². The smallest absolute Gasteiger partial charge is 0.320 e. The first-order chi connectivity index (χ1) is 9.70. The molecule has 1 atom stereocenters. The molecule has 0 amide bonds. The van der Waals surface area contributed by atoms with Crippen LogP contribution in [-0.4, -0.2) is 31.4 Å². The van der Waals surface area contributed by atoms with Gasteiger partial charge in [-0.25, -0.2) is 4.68 Å². The standard InChI is InChI=1S/C15H16N2O2S/c18-14(19)15(7-4-8-20-15)9-12-10-16-17(11-12)13-5-2-1-3-6-13/h1-3,5-6,10-11H,4,7-9H2,(H,18,19). The van der Waals surface area contributed by atoms with Crippen LogP contribution in [0.1, 0.15) is 18.4 Å². The number of benzene rings is 1. The number of carboxylic acid groups (broad SMARTS) is 1. The van der Waals surface area contributed by atoms with Gasteiger partial charge in [-0.1, -0.05) is 18.2 Å². The molecule has 0 saturated carbocycles. The van der Waals surface area contributed by atoms with Gasteiger partial charge in [-0.05, 0) is 36.3 Å². The summed E-state index contributed by atoms with van der Waals surface area (Å²) >= 11 is 1.56. The molecule has 3 rings (SSSR count). The fraction of sp³-hybridized carbons (Fsp3) is 0.333. The Bertz CT molecular complexity index is 603. The molecular formula is C15H16N2O2S. The molecule has 1 N–H and O–H groups in total. The Morgan fingerprint density at radius 2 is 2.20 bits per heavy atom. The van der Waals surface area contributed by atoms with Gasteiger partial charge in [0.05, 0.1) is 11.9 Å². The van der Waals surface area contributed by atoms with E-state index in [0.29, 0.717) is 6.42 Å². The summed E-state index contributed by atoms with van der Waals surface area (Å²) in [6, 6.07) is 9.84. The summed E-state index contributed by atoms with van der Waals surface area (Å²) in [5.41, 5.74) is 1.97. The van der Waals surface area contributed by atoms with Crippen LogP contribution in [0.4, 0.5) is 0 Å². The Hall–Kier alpha value is -1.75. The number of para-hydroxylation sites is 1. The lowest BCUT2D eigenvalue weighted by Gasteiger charge is -2.21. The minimum atomic E-state index is -0.701. The number of nitrogens with zero attached hydrogens (tertiary/aromatic N) is 2. The van der Waals surface area contributed by atoms with Crippen molar-refractivity contribution < 1.29 is 9.90 Å². The molecule has 1 aromatic heterocycles. The summed E-state index contributed by atoms with van der Waals surface area (Å²) in [6.45, 7) is 0. The predicted octanol–water partition coefficient (Wildman–Crippen LogP) is 2.77. The Morgan fingerprint density at radius 1 is 1.40 bits per heavy atom. The minimum Gasteiger partial charge on any atom is -0.480 e. The van der Waals surface area contributed by atoms with Crippen LogP contribution in [0.3, 0.4) is 0 Å². The molecule has 1 fully saturated rings. The predicted molar refractivity (Wildman–Crippen MR) is 79.3 cm³/mol. The highest BCUT2D eigenvalue weighted by Gasteiger charge is 2.42. The number of hydrogen-bond acceptors (Lipinski definition) is 3. The molecule has 0 spiro atoms. The van der Waals surface area contributed by atoms with E-state index in [2.05, 4.69) is 5.10 Å². The highest BCUT2D eigenvalue weighted by atomic mass is 32.2. The summed E-state index contributed by atoms with van der Waals surface area (Å²) in [5, 5.41) is 13.8. The largest absolute Gasteiger partial charge is 0.480 e. The van der Waals surface area contributed by atoms with Crippen LogP contribution in [0.2, 0.25) is 0 Å². The van der Waals surface area contributed by atoms with Gasteiger partial charge in [0.25, 0.3) is 0 Å². The maximum Gasteiger partial charge on any atom is 0.320 e. The molecule has 0 radical (unpaired) electrons. The molecule has 20 heavy (non-hydrogen) atoms. The summed E-state index contributed by atoms with van der Waals surface area (Å²) in [4.78, 5) is 11.6. The maximum absolute atomic E-state index is 11.6. The summed E-state index contributed by atoms with van der Waals surface area (Å²) in [6.07, 6.45) is 5.96. The van der Waals surface area contributed by atoms with Crippen LogP contribution >= 0.6 is 11.8 Å². The fourth-order valence-corrected chi connectivity index (χ4v) is 3.94. The average Bonchev–Trinajstić information content (AvgIpc) is 3.10. The van der Waals surface area contributed by atoms with Crippen molar-refractivity contribution in [3.8, 4) is 5.69 Å². The zero-order valence-corrected chi connectivity index (χ0v) is 11.8. The van der Waals surface area contributed by atoms with Crippen LogP contribution < -0.4 is 0 Å². The molecule has 1 aromatic carbocycles. The SMILES string of the molecule is O=C(O)C1(Cc2cnn(-c3ccccc3)c2)CCCS1. The van der Waals surface area contributed by atoms with Crippen molar-refractivity contribution in [1.82, 2.24) is 9.78 Å². The van der Waals surface area contributed by atoms with Crippen molar-refractivity contribution in [2.75, 3.05) is 5.75 Å². The van der Waals surface area contributed by atoms with E-state index >= 15 is 0 Å². The first-order valence-electron chi connectivity index (χ1n) is 6.66. The van der Waals surface area contributed by atoms with Crippen LogP contribution in [0.15, 0.2) is 42.7 Å². The molecule has 1 saturated heterocycles. The number of aromatic nitrogens is 2. The maximum atomic E-state index is 11.6. The minimum absolute atomic E-state index is 0.542. The highest BCUT2D eigenvalue weighted by Crippen LogP contribution is 2.41. The van der Waals surface area contributed by atoms with Crippen molar-refractivity contribution in [3.63, 3.8) is 0 Å². The molecule has 0 aliphatic carbocycles. The van der Waals surface area contributed by atoms with Crippen molar-refractivity contribution in [1.29, 1.82) is 0 Å². The van der Waals surface area contributed by atoms with Crippen LogP contribution in [0, 0.1) is 0 Å². The number of thioether (sulfide) groups is 1. The molecule has 0 bridgehead atoms. The van der Waals surface area contributed by atoms with E-state index in [0.717, 1.165) is 29.8 Å². The first-order valence-corrected chi connectivity index (χ1v) is 7.64. The molecular weight excluding hydrogens is 272 g/mol. The fourth-order valence-electron chi connectivity index (χ4n) is 2.58. The zero-order chi connectivity index (χ0) is 14.0. The molecule has 104 valence electrons. The van der Waals surface area contributed by atoms with Crippen molar-refractivity contribution in [2.45, 2.75) is 24.0 Å². The topological polar surface area (TPSA) is 55.1 Å². The third kappa shape index (κ3) is 2.45. The highest BCUT2D eigenvalue weighted by molar-refractivity contribution is 8.01. The summed E-state index contributed by atoms with van der Waals surface area (Å²) < 4.78 is 1.13. The van der Waals surface area contributed by atoms with E-state index in [9.17, 15) is 9.90 Å². The quantitative estimate of drug-likeness (QED) is 0.940. The van der Waals surface area contributed by atoms with Crippen molar-refractivity contribution in [3.05, 3.63) is 48.3 Å². The number of hydrogen-bond donors (Lipinski definition) is 1. The van der Waals surface area contributed by atoms with E-state index < -0.39 is 10.7 Å². The summed E-state index contributed by atoms with van der Waals surface area (Å²) in [5.74, 6) is 0.228. The van der Waals surface area contributed by atoms with Crippen molar-refractivity contribution in [2.24, 2.45) is 0 Å². The molecule has 1 aliphatic rings. The molecule has 5 heteroatoms. The van der Waals surface area contributed by atoms with Gasteiger partial charge in [-0.15, -0.1) is 11.8 Å². The van der Waals surface area contributed by atoms with Gasteiger partial charge in [-0.2, -0.15) is 5.10 Å². The normalized spacial score (nSPS) is 22.0. The van der Waals surface area contributed by atoms with Crippen LogP contribution in [0.25, 0.3) is 5.69 Å². The monoisotopic (exact) mass is 288 g/mol. The molecule has 1 aliphatic heterocycles. The van der Waals surface area contributed by atoms with Crippen molar-refractivity contribution >= 4 is 17.7 Å². The third-order valence-corrected chi connectivity index (χ3v) is 5.21. The van der Waals surface area contributed by atoms with Gasteiger partial charge in [-0.3, -0.25) is 4.79 Å². The van der Waals surface area contributed by atoms with Gasteiger partial charge in [0, 0.05) is 12.6 Å². The number of carboxylic acids is 1. The van der Waals surface area contributed by atoms with Gasteiger partial charge >= 0.3 is 5.97 Å².